The Morgan fingerprint density at radius 1 is 0.455 bits per heavy atom. The van der Waals surface area contributed by atoms with Crippen molar-refractivity contribution in [3.63, 3.8) is 0 Å². The minimum Gasteiger partial charge on any atom is -0.455 e. The zero-order valence-corrected chi connectivity index (χ0v) is 24.3. The van der Waals surface area contributed by atoms with Crippen molar-refractivity contribution in [2.24, 2.45) is 0 Å². The summed E-state index contributed by atoms with van der Waals surface area (Å²) in [7, 11) is 0. The van der Waals surface area contributed by atoms with Gasteiger partial charge in [0.1, 0.15) is 11.2 Å². The van der Waals surface area contributed by atoms with Gasteiger partial charge in [0.05, 0.1) is 0 Å². The maximum Gasteiger partial charge on any atom is 0.164 e. The Morgan fingerprint density at radius 3 is 1.64 bits per heavy atom. The number of hydrogen-bond acceptors (Lipinski definition) is 5. The second kappa shape index (κ2) is 9.97. The Kier molecular flexibility index (Phi) is 5.64. The van der Waals surface area contributed by atoms with Gasteiger partial charge in [0.15, 0.2) is 17.5 Å². The fraction of sp³-hybridized carbons (Fsp3) is 0. The van der Waals surface area contributed by atoms with E-state index in [-0.39, 0.29) is 0 Å². The van der Waals surface area contributed by atoms with Gasteiger partial charge < -0.3 is 4.42 Å². The first-order chi connectivity index (χ1) is 21.8. The lowest BCUT2D eigenvalue weighted by Crippen LogP contribution is -2.00. The maximum absolute atomic E-state index is 6.48. The summed E-state index contributed by atoms with van der Waals surface area (Å²) >= 11 is 1.81. The molecule has 0 fully saturated rings. The van der Waals surface area contributed by atoms with E-state index >= 15 is 0 Å². The van der Waals surface area contributed by atoms with Crippen molar-refractivity contribution < 1.29 is 4.42 Å². The number of rotatable bonds is 4. The monoisotopic (exact) mass is 581 g/mol. The number of para-hydroxylation sites is 1. The van der Waals surface area contributed by atoms with Crippen LogP contribution < -0.4 is 0 Å². The summed E-state index contributed by atoms with van der Waals surface area (Å²) in [6.07, 6.45) is 0. The predicted octanol–water partition coefficient (Wildman–Crippen LogP) is 10.8. The van der Waals surface area contributed by atoms with E-state index in [1.807, 2.05) is 84.1 Å². The lowest BCUT2D eigenvalue weighted by atomic mass is 9.98. The van der Waals surface area contributed by atoms with E-state index in [9.17, 15) is 0 Å². The molecular weight excluding hydrogens is 559 g/mol. The van der Waals surface area contributed by atoms with Gasteiger partial charge >= 0.3 is 0 Å². The van der Waals surface area contributed by atoms with Gasteiger partial charge in [-0.05, 0) is 23.8 Å². The van der Waals surface area contributed by atoms with Crippen LogP contribution in [-0.2, 0) is 0 Å². The lowest BCUT2D eigenvalue weighted by molar-refractivity contribution is 0.673. The quantitative estimate of drug-likeness (QED) is 0.207. The molecule has 0 saturated heterocycles. The lowest BCUT2D eigenvalue weighted by Gasteiger charge is -2.09. The van der Waals surface area contributed by atoms with Crippen LogP contribution in [0.15, 0.2) is 144 Å². The Hall–Kier alpha value is -5.65. The smallest absolute Gasteiger partial charge is 0.164 e. The molecule has 0 atom stereocenters. The molecule has 3 heterocycles. The van der Waals surface area contributed by atoms with Gasteiger partial charge in [-0.15, -0.1) is 11.3 Å². The Balaban J connectivity index is 1.22. The van der Waals surface area contributed by atoms with Crippen LogP contribution in [0.3, 0.4) is 0 Å². The van der Waals surface area contributed by atoms with Gasteiger partial charge in [0.25, 0.3) is 0 Å². The molecule has 0 bridgehead atoms. The molecule has 0 saturated carbocycles. The second-order valence-corrected chi connectivity index (χ2v) is 11.9. The first-order valence-electron chi connectivity index (χ1n) is 14.5. The van der Waals surface area contributed by atoms with E-state index in [1.54, 1.807) is 0 Å². The van der Waals surface area contributed by atoms with Crippen LogP contribution in [-0.4, -0.2) is 15.0 Å². The van der Waals surface area contributed by atoms with E-state index < -0.39 is 0 Å². The highest BCUT2D eigenvalue weighted by Crippen LogP contribution is 2.46. The van der Waals surface area contributed by atoms with Crippen molar-refractivity contribution >= 4 is 53.4 Å². The van der Waals surface area contributed by atoms with E-state index in [2.05, 4.69) is 66.7 Å². The Labute approximate surface area is 256 Å². The molecule has 0 N–H and O–H groups in total. The topological polar surface area (TPSA) is 51.8 Å². The number of nitrogens with zero attached hydrogens (tertiary/aromatic N) is 3. The summed E-state index contributed by atoms with van der Waals surface area (Å²) in [6.45, 7) is 0. The first-order valence-corrected chi connectivity index (χ1v) is 15.3. The molecular formula is C39H23N3OS. The molecule has 0 aliphatic carbocycles. The van der Waals surface area contributed by atoms with Crippen LogP contribution in [0.5, 0.6) is 0 Å². The average molecular weight is 582 g/mol. The predicted molar refractivity (Wildman–Crippen MR) is 182 cm³/mol. The van der Waals surface area contributed by atoms with Crippen LogP contribution in [0.25, 0.3) is 87.4 Å². The number of benzene rings is 6. The van der Waals surface area contributed by atoms with Crippen molar-refractivity contribution in [2.45, 2.75) is 0 Å². The molecule has 0 aliphatic heterocycles. The number of hydrogen-bond donors (Lipinski definition) is 0. The van der Waals surface area contributed by atoms with Crippen molar-refractivity contribution in [3.05, 3.63) is 140 Å². The van der Waals surface area contributed by atoms with E-state index in [0.717, 1.165) is 44.2 Å². The standard InChI is InChI=1S/C39H23N3OS/c1-3-11-25(12-4-1)37-40-38(26-13-5-2-6-14-26)42-39(41-37)27-21-19-24(20-22-27)30-23-31-28-15-7-9-17-32(28)43-35(31)34-29-16-8-10-18-33(29)44-36(30)34/h1-23H. The fourth-order valence-electron chi connectivity index (χ4n) is 6.02. The average Bonchev–Trinajstić information content (AvgIpc) is 3.67. The molecule has 0 spiro atoms. The van der Waals surface area contributed by atoms with Crippen LogP contribution in [0.2, 0.25) is 0 Å². The SMILES string of the molecule is c1ccc(-c2nc(-c3ccccc3)nc(-c3ccc(-c4cc5c6ccccc6oc5c5c4sc4ccccc45)cc3)n2)cc1. The molecule has 44 heavy (non-hydrogen) atoms. The molecule has 0 amide bonds. The third-order valence-electron chi connectivity index (χ3n) is 8.14. The van der Waals surface area contributed by atoms with E-state index in [4.69, 9.17) is 19.4 Å². The molecule has 9 aromatic rings. The van der Waals surface area contributed by atoms with Crippen molar-refractivity contribution in [2.75, 3.05) is 0 Å². The zero-order valence-electron chi connectivity index (χ0n) is 23.4. The summed E-state index contributed by atoms with van der Waals surface area (Å²) in [6, 6.07) is 47.9. The summed E-state index contributed by atoms with van der Waals surface area (Å²) in [4.78, 5) is 14.7. The van der Waals surface area contributed by atoms with Crippen molar-refractivity contribution in [1.29, 1.82) is 0 Å². The summed E-state index contributed by atoms with van der Waals surface area (Å²) in [5.41, 5.74) is 7.04. The largest absolute Gasteiger partial charge is 0.455 e. The van der Waals surface area contributed by atoms with Gasteiger partial charge in [-0.2, -0.15) is 0 Å². The molecule has 6 aromatic carbocycles. The van der Waals surface area contributed by atoms with Crippen molar-refractivity contribution in [1.82, 2.24) is 15.0 Å². The van der Waals surface area contributed by atoms with Gasteiger partial charge in [-0.25, -0.2) is 15.0 Å². The summed E-state index contributed by atoms with van der Waals surface area (Å²) in [5.74, 6) is 1.96. The van der Waals surface area contributed by atoms with Gasteiger partial charge in [0.2, 0.25) is 0 Å². The Bertz CT molecular complexity index is 2420. The highest BCUT2D eigenvalue weighted by Gasteiger charge is 2.19. The third-order valence-corrected chi connectivity index (χ3v) is 9.35. The molecule has 4 nitrogen and oxygen atoms in total. The summed E-state index contributed by atoms with van der Waals surface area (Å²) in [5, 5.41) is 4.66. The molecule has 5 heteroatoms. The van der Waals surface area contributed by atoms with Crippen molar-refractivity contribution in [3.8, 4) is 45.3 Å². The number of furan rings is 1. The zero-order chi connectivity index (χ0) is 29.0. The van der Waals surface area contributed by atoms with E-state index in [1.165, 1.54) is 25.7 Å². The van der Waals surface area contributed by atoms with Crippen LogP contribution in [0.1, 0.15) is 0 Å². The van der Waals surface area contributed by atoms with Gasteiger partial charge in [-0.1, -0.05) is 121 Å². The van der Waals surface area contributed by atoms with Gasteiger partial charge in [0, 0.05) is 53.2 Å². The highest BCUT2D eigenvalue weighted by molar-refractivity contribution is 7.26. The molecule has 9 rings (SSSR count). The third kappa shape index (κ3) is 4.02. The fourth-order valence-corrected chi connectivity index (χ4v) is 7.25. The first kappa shape index (κ1) is 24.9. The van der Waals surface area contributed by atoms with Crippen LogP contribution in [0, 0.1) is 0 Å². The van der Waals surface area contributed by atoms with Crippen LogP contribution in [0.4, 0.5) is 0 Å². The molecule has 0 unspecified atom stereocenters. The van der Waals surface area contributed by atoms with Gasteiger partial charge in [-0.3, -0.25) is 0 Å². The number of fused-ring (bicyclic) bond motifs is 7. The maximum atomic E-state index is 6.48. The molecule has 0 aliphatic rings. The second-order valence-electron chi connectivity index (χ2n) is 10.8. The number of aromatic nitrogens is 3. The molecule has 206 valence electrons. The molecule has 0 radical (unpaired) electrons. The summed E-state index contributed by atoms with van der Waals surface area (Å²) < 4.78 is 8.96. The normalized spacial score (nSPS) is 11.6. The van der Waals surface area contributed by atoms with E-state index in [0.29, 0.717) is 17.5 Å². The minimum atomic E-state index is 0.646. The molecule has 3 aromatic heterocycles. The Morgan fingerprint density at radius 2 is 0.977 bits per heavy atom. The number of thiophene rings is 1. The highest BCUT2D eigenvalue weighted by atomic mass is 32.1. The van der Waals surface area contributed by atoms with Crippen LogP contribution >= 0.6 is 11.3 Å². The minimum absolute atomic E-state index is 0.646.